The van der Waals surface area contributed by atoms with E-state index in [0.29, 0.717) is 5.92 Å². The van der Waals surface area contributed by atoms with Crippen molar-refractivity contribution in [3.05, 3.63) is 0 Å². The first-order valence-corrected chi connectivity index (χ1v) is 6.51. The molecule has 0 aromatic rings. The fraction of sp³-hybridized carbons (Fsp3) is 0.923. The fourth-order valence-electron chi connectivity index (χ4n) is 3.80. The van der Waals surface area contributed by atoms with Crippen LogP contribution in [-0.2, 0) is 4.79 Å². The van der Waals surface area contributed by atoms with E-state index >= 15 is 0 Å². The van der Waals surface area contributed by atoms with Crippen LogP contribution in [-0.4, -0.2) is 22.3 Å². The Morgan fingerprint density at radius 1 is 1.38 bits per heavy atom. The largest absolute Gasteiger partial charge is 0.481 e. The highest BCUT2D eigenvalue weighted by atomic mass is 16.4. The van der Waals surface area contributed by atoms with E-state index in [0.717, 1.165) is 44.9 Å². The Morgan fingerprint density at radius 3 is 2.56 bits per heavy atom. The van der Waals surface area contributed by atoms with Crippen LogP contribution in [0.3, 0.4) is 0 Å². The summed E-state index contributed by atoms with van der Waals surface area (Å²) in [6.45, 7) is 2.13. The predicted molar refractivity (Wildman–Crippen MR) is 61.0 cm³/mol. The zero-order valence-electron chi connectivity index (χ0n) is 9.98. The lowest BCUT2D eigenvalue weighted by atomic mass is 9.71. The second-order valence-corrected chi connectivity index (χ2v) is 5.58. The van der Waals surface area contributed by atoms with Gasteiger partial charge in [-0.1, -0.05) is 19.8 Å². The van der Waals surface area contributed by atoms with Crippen molar-refractivity contribution < 1.29 is 15.0 Å². The van der Waals surface area contributed by atoms with Gasteiger partial charge in [0.1, 0.15) is 0 Å². The van der Waals surface area contributed by atoms with Gasteiger partial charge in [0.2, 0.25) is 0 Å². The SMILES string of the molecule is CCC1CCC(C(=O)O)(C2CCCC2O)C1. The van der Waals surface area contributed by atoms with E-state index in [9.17, 15) is 15.0 Å². The van der Waals surface area contributed by atoms with Gasteiger partial charge in [0.05, 0.1) is 11.5 Å². The van der Waals surface area contributed by atoms with Crippen molar-refractivity contribution in [2.24, 2.45) is 17.3 Å². The molecule has 2 aliphatic rings. The molecule has 16 heavy (non-hydrogen) atoms. The predicted octanol–water partition coefficient (Wildman–Crippen LogP) is 2.43. The summed E-state index contributed by atoms with van der Waals surface area (Å²) in [4.78, 5) is 11.6. The highest BCUT2D eigenvalue weighted by Gasteiger charge is 2.53. The second-order valence-electron chi connectivity index (χ2n) is 5.58. The maximum atomic E-state index is 11.6. The number of rotatable bonds is 3. The topological polar surface area (TPSA) is 57.5 Å². The fourth-order valence-corrected chi connectivity index (χ4v) is 3.80. The molecule has 4 unspecified atom stereocenters. The lowest BCUT2D eigenvalue weighted by Crippen LogP contribution is -2.40. The number of aliphatic hydroxyl groups excluding tert-OH is 1. The van der Waals surface area contributed by atoms with Crippen LogP contribution in [0.25, 0.3) is 0 Å². The summed E-state index contributed by atoms with van der Waals surface area (Å²) >= 11 is 0. The Labute approximate surface area is 96.9 Å². The van der Waals surface area contributed by atoms with Crippen molar-refractivity contribution in [3.63, 3.8) is 0 Å². The van der Waals surface area contributed by atoms with Crippen LogP contribution in [0.15, 0.2) is 0 Å². The van der Waals surface area contributed by atoms with Crippen molar-refractivity contribution in [2.75, 3.05) is 0 Å². The van der Waals surface area contributed by atoms with Gasteiger partial charge in [-0.3, -0.25) is 4.79 Å². The molecule has 0 saturated heterocycles. The normalized spacial score (nSPS) is 43.8. The molecular weight excluding hydrogens is 204 g/mol. The smallest absolute Gasteiger partial charge is 0.310 e. The third-order valence-electron chi connectivity index (χ3n) is 4.84. The van der Waals surface area contributed by atoms with Crippen molar-refractivity contribution in [1.29, 1.82) is 0 Å². The zero-order valence-corrected chi connectivity index (χ0v) is 9.98. The van der Waals surface area contributed by atoms with Gasteiger partial charge in [0, 0.05) is 5.92 Å². The lowest BCUT2D eigenvalue weighted by molar-refractivity contribution is -0.155. The first kappa shape index (κ1) is 11.9. The number of aliphatic hydroxyl groups is 1. The number of carbonyl (C=O) groups is 1. The molecule has 0 aliphatic heterocycles. The molecule has 0 amide bonds. The van der Waals surface area contributed by atoms with Crippen LogP contribution < -0.4 is 0 Å². The maximum absolute atomic E-state index is 11.6. The van der Waals surface area contributed by atoms with E-state index in [2.05, 4.69) is 6.92 Å². The minimum atomic E-state index is -0.672. The van der Waals surface area contributed by atoms with Crippen LogP contribution in [0.1, 0.15) is 51.9 Å². The molecule has 0 bridgehead atoms. The van der Waals surface area contributed by atoms with E-state index in [1.165, 1.54) is 0 Å². The number of carboxylic acid groups (broad SMARTS) is 1. The highest BCUT2D eigenvalue weighted by molar-refractivity contribution is 5.75. The van der Waals surface area contributed by atoms with Crippen LogP contribution in [0.2, 0.25) is 0 Å². The molecule has 2 aliphatic carbocycles. The molecular formula is C13H22O3. The summed E-state index contributed by atoms with van der Waals surface area (Å²) in [7, 11) is 0. The highest BCUT2D eigenvalue weighted by Crippen LogP contribution is 2.53. The van der Waals surface area contributed by atoms with Crippen molar-refractivity contribution in [2.45, 2.75) is 58.0 Å². The van der Waals surface area contributed by atoms with Gasteiger partial charge in [-0.15, -0.1) is 0 Å². The molecule has 2 N–H and O–H groups in total. The summed E-state index contributed by atoms with van der Waals surface area (Å²) in [5.41, 5.74) is -0.614. The number of carboxylic acids is 1. The maximum Gasteiger partial charge on any atom is 0.310 e. The van der Waals surface area contributed by atoms with Crippen molar-refractivity contribution >= 4 is 5.97 Å². The van der Waals surface area contributed by atoms with Gasteiger partial charge in [0.15, 0.2) is 0 Å². The van der Waals surface area contributed by atoms with Gasteiger partial charge in [-0.25, -0.2) is 0 Å². The van der Waals surface area contributed by atoms with E-state index in [1.807, 2.05) is 0 Å². The van der Waals surface area contributed by atoms with Gasteiger partial charge < -0.3 is 10.2 Å². The Kier molecular flexibility index (Phi) is 3.24. The zero-order chi connectivity index (χ0) is 11.8. The van der Waals surface area contributed by atoms with Gasteiger partial charge in [-0.05, 0) is 38.0 Å². The molecule has 3 nitrogen and oxygen atoms in total. The molecule has 0 aromatic heterocycles. The first-order chi connectivity index (χ1) is 7.60. The average Bonchev–Trinajstić information content (AvgIpc) is 2.84. The quantitative estimate of drug-likeness (QED) is 0.777. The number of aliphatic carboxylic acids is 1. The molecule has 2 fully saturated rings. The van der Waals surface area contributed by atoms with Crippen LogP contribution >= 0.6 is 0 Å². The molecule has 2 saturated carbocycles. The molecule has 92 valence electrons. The van der Waals surface area contributed by atoms with Crippen LogP contribution in [0, 0.1) is 17.3 Å². The minimum Gasteiger partial charge on any atom is -0.481 e. The Balaban J connectivity index is 2.20. The van der Waals surface area contributed by atoms with Crippen molar-refractivity contribution in [1.82, 2.24) is 0 Å². The number of hydrogen-bond acceptors (Lipinski definition) is 2. The summed E-state index contributed by atoms with van der Waals surface area (Å²) in [6.07, 6.45) is 5.91. The van der Waals surface area contributed by atoms with Crippen LogP contribution in [0.5, 0.6) is 0 Å². The van der Waals surface area contributed by atoms with Gasteiger partial charge >= 0.3 is 5.97 Å². The summed E-state index contributed by atoms with van der Waals surface area (Å²) in [5, 5.41) is 19.5. The summed E-state index contributed by atoms with van der Waals surface area (Å²) < 4.78 is 0. The van der Waals surface area contributed by atoms with Gasteiger partial charge in [0.25, 0.3) is 0 Å². The molecule has 4 atom stereocenters. The molecule has 0 spiro atoms. The average molecular weight is 226 g/mol. The van der Waals surface area contributed by atoms with E-state index in [-0.39, 0.29) is 12.0 Å². The van der Waals surface area contributed by atoms with Crippen molar-refractivity contribution in [3.8, 4) is 0 Å². The molecule has 0 aromatic carbocycles. The van der Waals surface area contributed by atoms with Gasteiger partial charge in [-0.2, -0.15) is 0 Å². The summed E-state index contributed by atoms with van der Waals surface area (Å²) in [5.74, 6) is -0.125. The minimum absolute atomic E-state index is 0.00144. The third kappa shape index (κ3) is 1.75. The van der Waals surface area contributed by atoms with E-state index < -0.39 is 11.4 Å². The molecule has 0 heterocycles. The summed E-state index contributed by atoms with van der Waals surface area (Å²) in [6, 6.07) is 0. The lowest BCUT2D eigenvalue weighted by Gasteiger charge is -2.33. The number of hydrogen-bond donors (Lipinski definition) is 2. The van der Waals surface area contributed by atoms with E-state index in [4.69, 9.17) is 0 Å². The Morgan fingerprint density at radius 2 is 2.12 bits per heavy atom. The molecule has 0 radical (unpaired) electrons. The Hall–Kier alpha value is -0.570. The monoisotopic (exact) mass is 226 g/mol. The molecule has 2 rings (SSSR count). The first-order valence-electron chi connectivity index (χ1n) is 6.51. The molecule has 3 heteroatoms. The van der Waals surface area contributed by atoms with Crippen LogP contribution in [0.4, 0.5) is 0 Å². The van der Waals surface area contributed by atoms with E-state index in [1.54, 1.807) is 0 Å². The Bertz CT molecular complexity index is 276. The second kappa shape index (κ2) is 4.36. The third-order valence-corrected chi connectivity index (χ3v) is 4.84. The standard InChI is InChI=1S/C13H22O3/c1-2-9-6-7-13(8-9,12(15)16)10-4-3-5-11(10)14/h9-11,14H,2-8H2,1H3,(H,15,16).